The van der Waals surface area contributed by atoms with Gasteiger partial charge in [-0.25, -0.2) is 0 Å². The molecular formula is C16H28N2O. The maximum Gasteiger partial charge on any atom is 0.0812 e. The van der Waals surface area contributed by atoms with E-state index in [0.717, 1.165) is 30.4 Å². The van der Waals surface area contributed by atoms with E-state index in [1.165, 1.54) is 51.6 Å². The predicted octanol–water partition coefficient (Wildman–Crippen LogP) is 1.92. The molecule has 19 heavy (non-hydrogen) atoms. The van der Waals surface area contributed by atoms with Crippen LogP contribution in [0.5, 0.6) is 0 Å². The summed E-state index contributed by atoms with van der Waals surface area (Å²) in [5, 5.41) is 7.26. The first-order chi connectivity index (χ1) is 9.17. The third-order valence-electron chi connectivity index (χ3n) is 6.01. The van der Waals surface area contributed by atoms with Crippen LogP contribution < -0.4 is 10.6 Å². The Morgan fingerprint density at radius 3 is 2.63 bits per heavy atom. The Hall–Kier alpha value is -0.120. The molecule has 4 rings (SSSR count). The van der Waals surface area contributed by atoms with Gasteiger partial charge in [-0.2, -0.15) is 0 Å². The van der Waals surface area contributed by atoms with Gasteiger partial charge in [0.05, 0.1) is 12.2 Å². The molecule has 0 bridgehead atoms. The molecule has 2 saturated heterocycles. The lowest BCUT2D eigenvalue weighted by atomic mass is 9.65. The van der Waals surface area contributed by atoms with Crippen molar-refractivity contribution in [3.8, 4) is 0 Å². The molecule has 2 unspecified atom stereocenters. The van der Waals surface area contributed by atoms with Gasteiger partial charge < -0.3 is 15.4 Å². The zero-order valence-electron chi connectivity index (χ0n) is 12.2. The molecule has 0 amide bonds. The number of ether oxygens (including phenoxy) is 1. The number of piperidine rings is 1. The van der Waals surface area contributed by atoms with Gasteiger partial charge in [-0.15, -0.1) is 0 Å². The van der Waals surface area contributed by atoms with Gasteiger partial charge in [0.1, 0.15) is 0 Å². The first kappa shape index (κ1) is 12.6. The molecule has 108 valence electrons. The first-order valence-corrected chi connectivity index (χ1v) is 8.25. The third kappa shape index (κ3) is 2.45. The van der Waals surface area contributed by atoms with E-state index in [0.29, 0.717) is 6.04 Å². The second-order valence-electron chi connectivity index (χ2n) is 7.99. The zero-order chi connectivity index (χ0) is 12.9. The maximum atomic E-state index is 6.11. The van der Waals surface area contributed by atoms with Crippen LogP contribution in [0.15, 0.2) is 0 Å². The minimum absolute atomic E-state index is 0.219. The van der Waals surface area contributed by atoms with Crippen LogP contribution in [-0.2, 0) is 4.74 Å². The fraction of sp³-hybridized carbons (Fsp3) is 1.00. The van der Waals surface area contributed by atoms with Crippen LogP contribution >= 0.6 is 0 Å². The van der Waals surface area contributed by atoms with E-state index < -0.39 is 0 Å². The minimum atomic E-state index is 0.219. The van der Waals surface area contributed by atoms with E-state index >= 15 is 0 Å². The number of rotatable bonds is 2. The summed E-state index contributed by atoms with van der Waals surface area (Å²) in [5.41, 5.74) is 0.958. The molecular weight excluding hydrogens is 236 g/mol. The average Bonchev–Trinajstić information content (AvgIpc) is 3.09. The maximum absolute atomic E-state index is 6.11. The van der Waals surface area contributed by atoms with Crippen LogP contribution in [0.4, 0.5) is 0 Å². The monoisotopic (exact) mass is 264 g/mol. The summed E-state index contributed by atoms with van der Waals surface area (Å²) >= 11 is 0. The normalized spacial score (nSPS) is 48.2. The van der Waals surface area contributed by atoms with E-state index in [2.05, 4.69) is 17.6 Å². The van der Waals surface area contributed by atoms with E-state index in [9.17, 15) is 0 Å². The molecule has 2 N–H and O–H groups in total. The van der Waals surface area contributed by atoms with Crippen LogP contribution in [0.2, 0.25) is 0 Å². The predicted molar refractivity (Wildman–Crippen MR) is 76.1 cm³/mol. The molecule has 4 fully saturated rings. The average molecular weight is 264 g/mol. The van der Waals surface area contributed by atoms with Gasteiger partial charge in [-0.3, -0.25) is 0 Å². The lowest BCUT2D eigenvalue weighted by molar-refractivity contribution is -0.156. The molecule has 0 aromatic carbocycles. The van der Waals surface area contributed by atoms with Crippen LogP contribution in [-0.4, -0.2) is 37.9 Å². The Morgan fingerprint density at radius 2 is 1.95 bits per heavy atom. The van der Waals surface area contributed by atoms with Crippen LogP contribution in [0.1, 0.15) is 45.4 Å². The van der Waals surface area contributed by atoms with Crippen molar-refractivity contribution in [1.82, 2.24) is 10.6 Å². The Morgan fingerprint density at radius 1 is 1.11 bits per heavy atom. The van der Waals surface area contributed by atoms with Gasteiger partial charge >= 0.3 is 0 Å². The topological polar surface area (TPSA) is 33.3 Å². The van der Waals surface area contributed by atoms with Gasteiger partial charge in [0.15, 0.2) is 0 Å². The Labute approximate surface area is 116 Å². The molecule has 3 heteroatoms. The largest absolute Gasteiger partial charge is 0.372 e. The van der Waals surface area contributed by atoms with Crippen molar-refractivity contribution in [3.05, 3.63) is 0 Å². The highest BCUT2D eigenvalue weighted by molar-refractivity contribution is 5.03. The number of hydrogen-bond acceptors (Lipinski definition) is 3. The first-order valence-electron chi connectivity index (χ1n) is 8.25. The third-order valence-corrected chi connectivity index (χ3v) is 6.01. The second kappa shape index (κ2) is 4.44. The van der Waals surface area contributed by atoms with Crippen LogP contribution in [0, 0.1) is 17.3 Å². The smallest absolute Gasteiger partial charge is 0.0812 e. The van der Waals surface area contributed by atoms with Crippen LogP contribution in [0.25, 0.3) is 0 Å². The summed E-state index contributed by atoms with van der Waals surface area (Å²) in [7, 11) is 0. The van der Waals surface area contributed by atoms with Crippen molar-refractivity contribution in [2.24, 2.45) is 17.3 Å². The standard InChI is InChI=1S/C16H28N2O/c1-12-9-19-16(11-18-12)6-13(7-16)4-14-5-15(2-3-15)10-17-8-14/h12-14,17-18H,2-11H2,1H3. The van der Waals surface area contributed by atoms with Crippen molar-refractivity contribution < 1.29 is 4.74 Å². The summed E-state index contributed by atoms with van der Waals surface area (Å²) in [4.78, 5) is 0. The van der Waals surface area contributed by atoms with Gasteiger partial charge in [0, 0.05) is 19.1 Å². The second-order valence-corrected chi connectivity index (χ2v) is 7.99. The van der Waals surface area contributed by atoms with Gasteiger partial charge in [-0.1, -0.05) is 0 Å². The molecule has 3 nitrogen and oxygen atoms in total. The van der Waals surface area contributed by atoms with E-state index in [-0.39, 0.29) is 5.60 Å². The molecule has 2 saturated carbocycles. The molecule has 2 aliphatic carbocycles. The summed E-state index contributed by atoms with van der Waals surface area (Å²) < 4.78 is 6.11. The zero-order valence-corrected chi connectivity index (χ0v) is 12.2. The fourth-order valence-electron chi connectivity index (χ4n) is 4.69. The quantitative estimate of drug-likeness (QED) is 0.799. The van der Waals surface area contributed by atoms with Gasteiger partial charge in [-0.05, 0) is 69.2 Å². The number of morpholine rings is 1. The highest BCUT2D eigenvalue weighted by Gasteiger charge is 2.50. The molecule has 0 aromatic rings. The van der Waals surface area contributed by atoms with Crippen molar-refractivity contribution in [2.45, 2.75) is 57.1 Å². The van der Waals surface area contributed by atoms with Crippen molar-refractivity contribution in [2.75, 3.05) is 26.2 Å². The highest BCUT2D eigenvalue weighted by atomic mass is 16.5. The lowest BCUT2D eigenvalue weighted by Crippen LogP contribution is -2.60. The summed E-state index contributed by atoms with van der Waals surface area (Å²) in [5.74, 6) is 1.87. The molecule has 2 heterocycles. The molecule has 2 spiro atoms. The number of nitrogens with one attached hydrogen (secondary N) is 2. The Balaban J connectivity index is 1.25. The Kier molecular flexibility index (Phi) is 2.95. The summed E-state index contributed by atoms with van der Waals surface area (Å²) in [6.07, 6.45) is 8.51. The highest BCUT2D eigenvalue weighted by Crippen LogP contribution is 2.54. The summed E-state index contributed by atoms with van der Waals surface area (Å²) in [6, 6.07) is 0.543. The van der Waals surface area contributed by atoms with Crippen molar-refractivity contribution >= 4 is 0 Å². The molecule has 2 aliphatic heterocycles. The van der Waals surface area contributed by atoms with Gasteiger partial charge in [0.25, 0.3) is 0 Å². The molecule has 0 aromatic heterocycles. The minimum Gasteiger partial charge on any atom is -0.372 e. The van der Waals surface area contributed by atoms with Gasteiger partial charge in [0.2, 0.25) is 0 Å². The Bertz CT molecular complexity index is 337. The SMILES string of the molecule is CC1COC2(CN1)CC(CC1CNCC3(CC3)C1)C2. The van der Waals surface area contributed by atoms with E-state index in [1.54, 1.807) is 0 Å². The van der Waals surface area contributed by atoms with Crippen LogP contribution in [0.3, 0.4) is 0 Å². The summed E-state index contributed by atoms with van der Waals surface area (Å²) in [6.45, 7) is 6.76. The lowest BCUT2D eigenvalue weighted by Gasteiger charge is -2.52. The number of hydrogen-bond donors (Lipinski definition) is 2. The van der Waals surface area contributed by atoms with Crippen molar-refractivity contribution in [1.29, 1.82) is 0 Å². The molecule has 4 aliphatic rings. The molecule has 0 radical (unpaired) electrons. The van der Waals surface area contributed by atoms with E-state index in [1.807, 2.05) is 0 Å². The fourth-order valence-corrected chi connectivity index (χ4v) is 4.69. The molecule has 2 atom stereocenters. The van der Waals surface area contributed by atoms with Crippen molar-refractivity contribution in [3.63, 3.8) is 0 Å². The van der Waals surface area contributed by atoms with E-state index in [4.69, 9.17) is 4.74 Å².